The molecular formula is C9H10N2O2. The molecule has 0 saturated carbocycles. The lowest BCUT2D eigenvalue weighted by molar-refractivity contribution is 0.866. The first-order valence-corrected chi connectivity index (χ1v) is 3.93. The van der Waals surface area contributed by atoms with E-state index in [1.54, 1.807) is 0 Å². The quantitative estimate of drug-likeness (QED) is 0.552. The summed E-state index contributed by atoms with van der Waals surface area (Å²) in [5.41, 5.74) is -0.676. The van der Waals surface area contributed by atoms with Crippen molar-refractivity contribution in [2.45, 2.75) is 13.8 Å². The maximum atomic E-state index is 11.1. The Morgan fingerprint density at radius 3 is 2.62 bits per heavy atom. The van der Waals surface area contributed by atoms with Crippen LogP contribution in [-0.2, 0) is 0 Å². The number of H-pyrrole nitrogens is 2. The molecular weight excluding hydrogens is 168 g/mol. The number of rotatable bonds is 0. The van der Waals surface area contributed by atoms with Gasteiger partial charge in [0.05, 0.1) is 0 Å². The number of hydrogen-bond acceptors (Lipinski definition) is 2. The number of aromatic amines is 2. The lowest BCUT2D eigenvalue weighted by atomic mass is 10.2. The molecule has 4 heteroatoms. The van der Waals surface area contributed by atoms with Gasteiger partial charge in [-0.2, -0.15) is 0 Å². The summed E-state index contributed by atoms with van der Waals surface area (Å²) < 4.78 is 0. The second-order valence-corrected chi connectivity index (χ2v) is 2.91. The van der Waals surface area contributed by atoms with E-state index in [2.05, 4.69) is 21.8 Å². The van der Waals surface area contributed by atoms with E-state index in [1.807, 2.05) is 13.8 Å². The van der Waals surface area contributed by atoms with Crippen LogP contribution in [0.2, 0.25) is 0 Å². The summed E-state index contributed by atoms with van der Waals surface area (Å²) in [6, 6.07) is 0. The first kappa shape index (κ1) is 9.33. The normalized spacial score (nSPS) is 9.46. The van der Waals surface area contributed by atoms with Crippen LogP contribution in [0.4, 0.5) is 0 Å². The van der Waals surface area contributed by atoms with E-state index in [-0.39, 0.29) is 11.5 Å². The molecule has 0 radical (unpaired) electrons. The van der Waals surface area contributed by atoms with Crippen molar-refractivity contribution in [1.82, 2.24) is 9.97 Å². The van der Waals surface area contributed by atoms with Crippen LogP contribution in [0, 0.1) is 17.8 Å². The molecule has 0 aliphatic carbocycles. The maximum absolute atomic E-state index is 11.1. The standard InChI is InChI=1S/C9H10N2O2/c1-6(2)3-4-7-5-10-9(13)11-8(7)12/h5-6H,1-2H3,(H2,10,11,12,13). The predicted octanol–water partition coefficient (Wildman–Crippen LogP) is 0.0707. The molecule has 0 unspecified atom stereocenters. The average molecular weight is 178 g/mol. The zero-order chi connectivity index (χ0) is 9.84. The minimum Gasteiger partial charge on any atom is -0.313 e. The van der Waals surface area contributed by atoms with Gasteiger partial charge in [-0.3, -0.25) is 9.78 Å². The minimum absolute atomic E-state index is 0.200. The second kappa shape index (κ2) is 3.76. The van der Waals surface area contributed by atoms with Gasteiger partial charge in [0.25, 0.3) is 5.56 Å². The van der Waals surface area contributed by atoms with E-state index >= 15 is 0 Å². The largest absolute Gasteiger partial charge is 0.325 e. The van der Waals surface area contributed by atoms with Crippen LogP contribution < -0.4 is 11.2 Å². The summed E-state index contributed by atoms with van der Waals surface area (Å²) in [7, 11) is 0. The third-order valence-electron chi connectivity index (χ3n) is 1.31. The van der Waals surface area contributed by atoms with Gasteiger partial charge < -0.3 is 4.98 Å². The molecule has 0 aliphatic rings. The van der Waals surface area contributed by atoms with Crippen molar-refractivity contribution in [3.05, 3.63) is 32.6 Å². The molecule has 0 atom stereocenters. The molecule has 4 nitrogen and oxygen atoms in total. The Morgan fingerprint density at radius 1 is 1.38 bits per heavy atom. The van der Waals surface area contributed by atoms with Crippen molar-refractivity contribution in [2.75, 3.05) is 0 Å². The molecule has 2 N–H and O–H groups in total. The Labute approximate surface area is 75.0 Å². The van der Waals surface area contributed by atoms with Crippen LogP contribution >= 0.6 is 0 Å². The summed E-state index contributed by atoms with van der Waals surface area (Å²) in [4.78, 5) is 26.1. The molecule has 0 saturated heterocycles. The van der Waals surface area contributed by atoms with Crippen LogP contribution in [0.3, 0.4) is 0 Å². The van der Waals surface area contributed by atoms with Crippen LogP contribution in [0.5, 0.6) is 0 Å². The predicted molar refractivity (Wildman–Crippen MR) is 49.4 cm³/mol. The van der Waals surface area contributed by atoms with Crippen molar-refractivity contribution < 1.29 is 0 Å². The fourth-order valence-electron chi connectivity index (χ4n) is 0.725. The summed E-state index contributed by atoms with van der Waals surface area (Å²) in [6.45, 7) is 3.85. The molecule has 1 rings (SSSR count). The van der Waals surface area contributed by atoms with Gasteiger partial charge in [-0.05, 0) is 0 Å². The van der Waals surface area contributed by atoms with E-state index in [1.165, 1.54) is 6.20 Å². The molecule has 0 amide bonds. The van der Waals surface area contributed by atoms with Gasteiger partial charge in [0, 0.05) is 12.1 Å². The summed E-state index contributed by atoms with van der Waals surface area (Å²) in [5.74, 6) is 5.71. The van der Waals surface area contributed by atoms with Crippen LogP contribution in [0.1, 0.15) is 19.4 Å². The SMILES string of the molecule is CC(C)C#Cc1c[nH]c(=O)[nH]c1=O. The number of nitrogens with one attached hydrogen (secondary N) is 2. The van der Waals surface area contributed by atoms with E-state index in [0.29, 0.717) is 0 Å². The molecule has 1 heterocycles. The average Bonchev–Trinajstić information content (AvgIpc) is 2.02. The zero-order valence-corrected chi connectivity index (χ0v) is 7.47. The summed E-state index contributed by atoms with van der Waals surface area (Å²) in [6.07, 6.45) is 1.32. The highest BCUT2D eigenvalue weighted by Gasteiger charge is 1.94. The second-order valence-electron chi connectivity index (χ2n) is 2.91. The molecule has 0 spiro atoms. The van der Waals surface area contributed by atoms with Gasteiger partial charge >= 0.3 is 5.69 Å². The fraction of sp³-hybridized carbons (Fsp3) is 0.333. The van der Waals surface area contributed by atoms with Crippen LogP contribution in [0.15, 0.2) is 15.8 Å². The maximum Gasteiger partial charge on any atom is 0.325 e. The first-order chi connectivity index (χ1) is 6.09. The van der Waals surface area contributed by atoms with Crippen molar-refractivity contribution >= 4 is 0 Å². The van der Waals surface area contributed by atoms with Crippen molar-refractivity contribution in [2.24, 2.45) is 5.92 Å². The molecule has 0 fully saturated rings. The third-order valence-corrected chi connectivity index (χ3v) is 1.31. The molecule has 0 aromatic carbocycles. The highest BCUT2D eigenvalue weighted by Crippen LogP contribution is 1.87. The van der Waals surface area contributed by atoms with E-state index < -0.39 is 11.2 Å². The molecule has 0 aliphatic heterocycles. The molecule has 1 aromatic rings. The summed E-state index contributed by atoms with van der Waals surface area (Å²) >= 11 is 0. The van der Waals surface area contributed by atoms with E-state index in [4.69, 9.17) is 0 Å². The lowest BCUT2D eigenvalue weighted by Crippen LogP contribution is -2.23. The Bertz CT molecular complexity index is 457. The smallest absolute Gasteiger partial charge is 0.313 e. The van der Waals surface area contributed by atoms with Crippen molar-refractivity contribution in [3.8, 4) is 11.8 Å². The topological polar surface area (TPSA) is 65.7 Å². The van der Waals surface area contributed by atoms with Gasteiger partial charge in [-0.15, -0.1) is 0 Å². The number of hydrogen-bond donors (Lipinski definition) is 2. The van der Waals surface area contributed by atoms with Crippen molar-refractivity contribution in [3.63, 3.8) is 0 Å². The molecule has 1 aromatic heterocycles. The molecule has 68 valence electrons. The highest BCUT2D eigenvalue weighted by atomic mass is 16.2. The van der Waals surface area contributed by atoms with Crippen molar-refractivity contribution in [1.29, 1.82) is 0 Å². The summed E-state index contributed by atoms with van der Waals surface area (Å²) in [5, 5.41) is 0. The Kier molecular flexibility index (Phi) is 2.70. The first-order valence-electron chi connectivity index (χ1n) is 3.93. The lowest BCUT2D eigenvalue weighted by Gasteiger charge is -1.88. The Balaban J connectivity index is 3.13. The highest BCUT2D eigenvalue weighted by molar-refractivity contribution is 5.29. The van der Waals surface area contributed by atoms with E-state index in [0.717, 1.165) is 0 Å². The zero-order valence-electron chi connectivity index (χ0n) is 7.47. The Hall–Kier alpha value is -1.76. The van der Waals surface area contributed by atoms with Crippen LogP contribution in [-0.4, -0.2) is 9.97 Å². The Morgan fingerprint density at radius 2 is 2.08 bits per heavy atom. The number of aromatic nitrogens is 2. The van der Waals surface area contributed by atoms with Gasteiger partial charge in [0.15, 0.2) is 0 Å². The fourth-order valence-corrected chi connectivity index (χ4v) is 0.725. The van der Waals surface area contributed by atoms with Crippen LogP contribution in [0.25, 0.3) is 0 Å². The third kappa shape index (κ3) is 2.64. The molecule has 0 bridgehead atoms. The van der Waals surface area contributed by atoms with Gasteiger partial charge in [-0.25, -0.2) is 4.79 Å². The van der Waals surface area contributed by atoms with Gasteiger partial charge in [0.1, 0.15) is 5.56 Å². The van der Waals surface area contributed by atoms with Gasteiger partial charge in [-0.1, -0.05) is 25.7 Å². The molecule has 13 heavy (non-hydrogen) atoms. The van der Waals surface area contributed by atoms with E-state index in [9.17, 15) is 9.59 Å². The van der Waals surface area contributed by atoms with Gasteiger partial charge in [0.2, 0.25) is 0 Å². The monoisotopic (exact) mass is 178 g/mol. The minimum atomic E-state index is -0.514.